The average molecular weight is 484 g/mol. The lowest BCUT2D eigenvalue weighted by atomic mass is 10.0. The van der Waals surface area contributed by atoms with Gasteiger partial charge in [0.2, 0.25) is 11.8 Å². The quantitative estimate of drug-likeness (QED) is 0.376. The molecular weight excluding hydrogens is 454 g/mol. The van der Waals surface area contributed by atoms with Gasteiger partial charge in [0.1, 0.15) is 0 Å². The first-order chi connectivity index (χ1) is 17.4. The molecule has 0 bridgehead atoms. The molecule has 0 saturated heterocycles. The van der Waals surface area contributed by atoms with E-state index in [9.17, 15) is 4.79 Å². The number of benzene rings is 1. The van der Waals surface area contributed by atoms with Gasteiger partial charge in [-0.05, 0) is 44.0 Å². The number of rotatable bonds is 7. The third-order valence-corrected chi connectivity index (χ3v) is 6.10. The zero-order valence-electron chi connectivity index (χ0n) is 20.9. The molecule has 0 amide bonds. The third-order valence-electron chi connectivity index (χ3n) is 6.10. The highest BCUT2D eigenvalue weighted by Gasteiger charge is 2.21. The van der Waals surface area contributed by atoms with Gasteiger partial charge in [-0.15, -0.1) is 10.2 Å². The minimum absolute atomic E-state index is 0.122. The van der Waals surface area contributed by atoms with Crippen molar-refractivity contribution in [2.75, 3.05) is 0 Å². The van der Waals surface area contributed by atoms with E-state index in [1.165, 1.54) is 0 Å². The molecule has 5 aromatic rings. The van der Waals surface area contributed by atoms with Crippen molar-refractivity contribution >= 4 is 0 Å². The summed E-state index contributed by atoms with van der Waals surface area (Å²) in [6.45, 7) is 8.76. The van der Waals surface area contributed by atoms with Gasteiger partial charge in [-0.25, -0.2) is 14.3 Å². The smallest absolute Gasteiger partial charge is 0.311 e. The van der Waals surface area contributed by atoms with Crippen molar-refractivity contribution in [2.45, 2.75) is 52.6 Å². The molecule has 0 aliphatic heterocycles. The molecule has 0 atom stereocenters. The van der Waals surface area contributed by atoms with Crippen molar-refractivity contribution in [3.63, 3.8) is 0 Å². The van der Waals surface area contributed by atoms with Crippen LogP contribution in [0.1, 0.15) is 45.5 Å². The van der Waals surface area contributed by atoms with E-state index in [0.29, 0.717) is 18.3 Å². The monoisotopic (exact) mass is 483 g/mol. The van der Waals surface area contributed by atoms with Gasteiger partial charge in [-0.1, -0.05) is 43.7 Å². The molecule has 0 aliphatic rings. The van der Waals surface area contributed by atoms with Gasteiger partial charge >= 0.3 is 5.69 Å². The van der Waals surface area contributed by atoms with Crippen LogP contribution in [0.2, 0.25) is 0 Å². The van der Waals surface area contributed by atoms with E-state index in [0.717, 1.165) is 40.9 Å². The largest absolute Gasteiger partial charge is 0.335 e. The molecule has 4 aromatic heterocycles. The minimum Gasteiger partial charge on any atom is -0.311 e. The molecule has 5 rings (SSSR count). The molecule has 0 aliphatic carbocycles. The Morgan fingerprint density at radius 1 is 1.03 bits per heavy atom. The van der Waals surface area contributed by atoms with Gasteiger partial charge < -0.3 is 4.57 Å². The fourth-order valence-electron chi connectivity index (χ4n) is 4.34. The van der Waals surface area contributed by atoms with E-state index >= 15 is 0 Å². The molecule has 10 nitrogen and oxygen atoms in total. The summed E-state index contributed by atoms with van der Waals surface area (Å²) in [7, 11) is 0. The molecule has 0 spiro atoms. The first-order valence-electron chi connectivity index (χ1n) is 12.0. The number of H-pyrrole nitrogens is 1. The molecular formula is C26H29N9O. The summed E-state index contributed by atoms with van der Waals surface area (Å²) in [6.07, 6.45) is 9.08. The van der Waals surface area contributed by atoms with Gasteiger partial charge in [-0.2, -0.15) is 5.21 Å². The second-order valence-electron chi connectivity index (χ2n) is 9.70. The Hall–Kier alpha value is -4.34. The van der Waals surface area contributed by atoms with Crippen LogP contribution < -0.4 is 5.69 Å². The summed E-state index contributed by atoms with van der Waals surface area (Å²) in [6, 6.07) is 11.8. The Labute approximate surface area is 208 Å². The van der Waals surface area contributed by atoms with Gasteiger partial charge in [0.15, 0.2) is 0 Å². The number of nitrogens with zero attached hydrogens (tertiary/aromatic N) is 8. The Bertz CT molecular complexity index is 1520. The number of aromatic nitrogens is 9. The lowest BCUT2D eigenvalue weighted by Crippen LogP contribution is -2.30. The van der Waals surface area contributed by atoms with Crippen LogP contribution in [0.15, 0.2) is 66.0 Å². The van der Waals surface area contributed by atoms with Crippen molar-refractivity contribution in [2.24, 2.45) is 0 Å². The number of hydrogen-bond donors (Lipinski definition) is 1. The number of hydrogen-bond acceptors (Lipinski definition) is 6. The van der Waals surface area contributed by atoms with Gasteiger partial charge in [0.05, 0.1) is 12.2 Å². The van der Waals surface area contributed by atoms with Crippen LogP contribution in [0.3, 0.4) is 0 Å². The van der Waals surface area contributed by atoms with E-state index in [1.54, 1.807) is 15.3 Å². The van der Waals surface area contributed by atoms with Crippen molar-refractivity contribution in [1.82, 2.24) is 44.3 Å². The average Bonchev–Trinajstić information content (AvgIpc) is 3.62. The number of imidazole rings is 2. The summed E-state index contributed by atoms with van der Waals surface area (Å²) in [4.78, 5) is 22.7. The summed E-state index contributed by atoms with van der Waals surface area (Å²) >= 11 is 0. The van der Waals surface area contributed by atoms with Gasteiger partial charge in [0.25, 0.3) is 0 Å². The lowest BCUT2D eigenvalue weighted by Gasteiger charge is -2.22. The standard InChI is InChI=1S/C26H29N9O/c1-5-8-20-17-34(24-27-13-14-35(24)26(2,3)4)25(36)33(20)16-19-12-11-18(15-28-19)21-9-6-7-10-22(21)23-29-31-32-30-23/h6-7,9-15,17H,5,8,16H2,1-4H3,(H,29,30,31,32). The number of nitrogens with one attached hydrogen (secondary N) is 1. The molecule has 0 fully saturated rings. The molecule has 0 saturated carbocycles. The number of aromatic amines is 1. The first-order valence-corrected chi connectivity index (χ1v) is 12.0. The molecule has 36 heavy (non-hydrogen) atoms. The predicted octanol–water partition coefficient (Wildman–Crippen LogP) is 3.83. The first kappa shape index (κ1) is 23.4. The number of aryl methyl sites for hydroxylation is 1. The summed E-state index contributed by atoms with van der Waals surface area (Å²) in [5.74, 6) is 1.14. The third kappa shape index (κ3) is 4.37. The number of pyridine rings is 1. The minimum atomic E-state index is -0.201. The molecule has 184 valence electrons. The van der Waals surface area contributed by atoms with Crippen molar-refractivity contribution in [3.8, 4) is 28.5 Å². The highest BCUT2D eigenvalue weighted by atomic mass is 16.1. The van der Waals surface area contributed by atoms with E-state index in [-0.39, 0.29) is 11.2 Å². The van der Waals surface area contributed by atoms with Crippen molar-refractivity contribution in [3.05, 3.63) is 83.1 Å². The maximum Gasteiger partial charge on any atom is 0.335 e. The fraction of sp³-hybridized carbons (Fsp3) is 0.308. The summed E-state index contributed by atoms with van der Waals surface area (Å²) < 4.78 is 5.45. The fourth-order valence-corrected chi connectivity index (χ4v) is 4.34. The molecule has 0 unspecified atom stereocenters. The summed E-state index contributed by atoms with van der Waals surface area (Å²) in [5, 5.41) is 14.4. The van der Waals surface area contributed by atoms with E-state index in [1.807, 2.05) is 59.6 Å². The van der Waals surface area contributed by atoms with Gasteiger partial charge in [0, 0.05) is 47.1 Å². The molecule has 10 heteroatoms. The molecule has 4 heterocycles. The zero-order valence-corrected chi connectivity index (χ0v) is 20.9. The maximum atomic E-state index is 13.5. The van der Waals surface area contributed by atoms with E-state index < -0.39 is 0 Å². The maximum absolute atomic E-state index is 13.5. The second-order valence-corrected chi connectivity index (χ2v) is 9.70. The Kier molecular flexibility index (Phi) is 6.09. The SMILES string of the molecule is CCCc1cn(-c2nccn2C(C)(C)C)c(=O)n1Cc1ccc(-c2ccccc2-c2nn[nH]n2)cn1. The van der Waals surface area contributed by atoms with Gasteiger partial charge in [-0.3, -0.25) is 9.55 Å². The molecule has 1 N–H and O–H groups in total. The Morgan fingerprint density at radius 2 is 1.83 bits per heavy atom. The van der Waals surface area contributed by atoms with Crippen LogP contribution >= 0.6 is 0 Å². The van der Waals surface area contributed by atoms with Crippen LogP contribution in [0.5, 0.6) is 0 Å². The van der Waals surface area contributed by atoms with Crippen molar-refractivity contribution < 1.29 is 0 Å². The highest BCUT2D eigenvalue weighted by molar-refractivity contribution is 5.79. The van der Waals surface area contributed by atoms with Crippen LogP contribution in [0.25, 0.3) is 28.5 Å². The van der Waals surface area contributed by atoms with E-state index in [4.69, 9.17) is 0 Å². The van der Waals surface area contributed by atoms with Crippen LogP contribution in [-0.4, -0.2) is 44.3 Å². The highest BCUT2D eigenvalue weighted by Crippen LogP contribution is 2.29. The second kappa shape index (κ2) is 9.37. The number of tetrazole rings is 1. The molecule has 0 radical (unpaired) electrons. The van der Waals surface area contributed by atoms with Crippen molar-refractivity contribution in [1.29, 1.82) is 0 Å². The topological polar surface area (TPSA) is 112 Å². The van der Waals surface area contributed by atoms with Crippen LogP contribution in [-0.2, 0) is 18.5 Å². The lowest BCUT2D eigenvalue weighted by molar-refractivity contribution is 0.390. The summed E-state index contributed by atoms with van der Waals surface area (Å²) in [5.41, 5.74) is 4.20. The molecule has 1 aromatic carbocycles. The predicted molar refractivity (Wildman–Crippen MR) is 137 cm³/mol. The van der Waals surface area contributed by atoms with E-state index in [2.05, 4.69) is 58.3 Å². The zero-order chi connectivity index (χ0) is 25.3. The Balaban J connectivity index is 1.48. The van der Waals surface area contributed by atoms with Crippen LogP contribution in [0, 0.1) is 0 Å². The van der Waals surface area contributed by atoms with Crippen LogP contribution in [0.4, 0.5) is 0 Å². The normalized spacial score (nSPS) is 11.8. The Morgan fingerprint density at radius 3 is 2.50 bits per heavy atom.